The number of hydrogen-bond acceptors (Lipinski definition) is 3. The maximum absolute atomic E-state index is 5.39. The first-order valence-electron chi connectivity index (χ1n) is 6.29. The molecule has 0 fully saturated rings. The van der Waals surface area contributed by atoms with Crippen molar-refractivity contribution in [1.82, 2.24) is 5.32 Å². The topological polar surface area (TPSA) is 30.5 Å². The van der Waals surface area contributed by atoms with Crippen LogP contribution in [-0.4, -0.2) is 20.3 Å². The van der Waals surface area contributed by atoms with Crippen LogP contribution in [0.2, 0.25) is 0 Å². The van der Waals surface area contributed by atoms with Gasteiger partial charge >= 0.3 is 0 Å². The van der Waals surface area contributed by atoms with Crippen molar-refractivity contribution in [3.63, 3.8) is 0 Å². The van der Waals surface area contributed by atoms with Crippen molar-refractivity contribution in [3.8, 4) is 5.75 Å². The first-order valence-corrected chi connectivity index (χ1v) is 6.29. The second-order valence-corrected chi connectivity index (χ2v) is 4.31. The molecule has 1 aromatic carbocycles. The molecule has 1 aromatic rings. The molecule has 1 rings (SSSR count). The highest BCUT2D eigenvalue weighted by atomic mass is 16.5. The van der Waals surface area contributed by atoms with Crippen LogP contribution in [0.5, 0.6) is 5.75 Å². The molecule has 0 bridgehead atoms. The van der Waals surface area contributed by atoms with E-state index in [-0.39, 0.29) is 6.04 Å². The average Bonchev–Trinajstić information content (AvgIpc) is 2.38. The third kappa shape index (κ3) is 4.41. The monoisotopic (exact) mass is 249 g/mol. The quantitative estimate of drug-likeness (QED) is 0.567. The van der Waals surface area contributed by atoms with Crippen LogP contribution < -0.4 is 10.1 Å². The molecule has 1 N–H and O–H groups in total. The molecule has 1 atom stereocenters. The van der Waals surface area contributed by atoms with Crippen molar-refractivity contribution in [2.45, 2.75) is 26.3 Å². The minimum atomic E-state index is 0.267. The molecule has 3 heteroatoms. The molecule has 100 valence electrons. The van der Waals surface area contributed by atoms with E-state index in [1.165, 1.54) is 17.4 Å². The van der Waals surface area contributed by atoms with Gasteiger partial charge in [0.25, 0.3) is 0 Å². The van der Waals surface area contributed by atoms with Crippen LogP contribution in [0, 0.1) is 6.92 Å². The predicted molar refractivity (Wildman–Crippen MR) is 74.9 cm³/mol. The van der Waals surface area contributed by atoms with Crippen LogP contribution in [0.4, 0.5) is 0 Å². The molecule has 0 aliphatic rings. The van der Waals surface area contributed by atoms with Gasteiger partial charge in [-0.2, -0.15) is 0 Å². The largest absolute Gasteiger partial charge is 0.502 e. The van der Waals surface area contributed by atoms with Gasteiger partial charge in [0.05, 0.1) is 20.0 Å². The normalized spacial score (nSPS) is 11.9. The number of methoxy groups -OCH3 is 1. The molecular weight excluding hydrogens is 226 g/mol. The van der Waals surface area contributed by atoms with Crippen LogP contribution in [0.15, 0.2) is 31.0 Å². The molecule has 0 aromatic heterocycles. The van der Waals surface area contributed by atoms with E-state index >= 15 is 0 Å². The van der Waals surface area contributed by atoms with E-state index < -0.39 is 0 Å². The summed E-state index contributed by atoms with van der Waals surface area (Å²) in [5, 5.41) is 3.47. The third-order valence-electron chi connectivity index (χ3n) is 2.86. The highest BCUT2D eigenvalue weighted by Gasteiger charge is 2.10. The average molecular weight is 249 g/mol. The molecule has 0 spiro atoms. The van der Waals surface area contributed by atoms with Gasteiger partial charge < -0.3 is 14.8 Å². The Kier molecular flexibility index (Phi) is 6.29. The van der Waals surface area contributed by atoms with Crippen molar-refractivity contribution in [3.05, 3.63) is 42.2 Å². The molecule has 0 aliphatic carbocycles. The van der Waals surface area contributed by atoms with Crippen molar-refractivity contribution in [2.24, 2.45) is 0 Å². The molecule has 0 saturated heterocycles. The standard InChI is InChI=1S/C15H23NO2/c1-5-18-10-6-9-16-13(3)14-11-12(2)7-8-15(14)17-4/h5,7-8,11,13,16H,1,6,9-10H2,2-4H3. The van der Waals surface area contributed by atoms with Crippen LogP contribution in [-0.2, 0) is 4.74 Å². The van der Waals surface area contributed by atoms with E-state index in [1.54, 1.807) is 7.11 Å². The van der Waals surface area contributed by atoms with Crippen LogP contribution in [0.25, 0.3) is 0 Å². The Morgan fingerprint density at radius 2 is 2.22 bits per heavy atom. The van der Waals surface area contributed by atoms with Gasteiger partial charge in [0.1, 0.15) is 5.75 Å². The first kappa shape index (κ1) is 14.6. The fraction of sp³-hybridized carbons (Fsp3) is 0.467. The van der Waals surface area contributed by atoms with Crippen LogP contribution >= 0.6 is 0 Å². The zero-order chi connectivity index (χ0) is 13.4. The summed E-state index contributed by atoms with van der Waals surface area (Å²) in [6.45, 7) is 9.36. The summed E-state index contributed by atoms with van der Waals surface area (Å²) in [6, 6.07) is 6.51. The molecule has 0 aliphatic heterocycles. The molecule has 0 heterocycles. The molecule has 18 heavy (non-hydrogen) atoms. The van der Waals surface area contributed by atoms with E-state index in [1.807, 2.05) is 6.07 Å². The molecule has 3 nitrogen and oxygen atoms in total. The highest BCUT2D eigenvalue weighted by molar-refractivity contribution is 5.38. The Bertz CT molecular complexity index is 377. The summed E-state index contributed by atoms with van der Waals surface area (Å²) in [4.78, 5) is 0. The van der Waals surface area contributed by atoms with Gasteiger partial charge in [-0.25, -0.2) is 0 Å². The van der Waals surface area contributed by atoms with Crippen molar-refractivity contribution in [2.75, 3.05) is 20.3 Å². The SMILES string of the molecule is C=COCCCNC(C)c1cc(C)ccc1OC. The maximum Gasteiger partial charge on any atom is 0.123 e. The molecule has 0 saturated carbocycles. The summed E-state index contributed by atoms with van der Waals surface area (Å²) in [5.41, 5.74) is 2.44. The Labute approximate surface area is 110 Å². The number of nitrogens with one attached hydrogen (secondary N) is 1. The molecular formula is C15H23NO2. The van der Waals surface area contributed by atoms with E-state index in [4.69, 9.17) is 9.47 Å². The lowest BCUT2D eigenvalue weighted by atomic mass is 10.0. The van der Waals surface area contributed by atoms with Gasteiger partial charge in [-0.3, -0.25) is 0 Å². The molecule has 0 amide bonds. The van der Waals surface area contributed by atoms with Gasteiger partial charge in [0, 0.05) is 11.6 Å². The maximum atomic E-state index is 5.39. The summed E-state index contributed by atoms with van der Waals surface area (Å²) in [5.74, 6) is 0.933. The lowest BCUT2D eigenvalue weighted by Crippen LogP contribution is -2.21. The number of benzene rings is 1. The summed E-state index contributed by atoms with van der Waals surface area (Å²) in [7, 11) is 1.71. The molecule has 1 unspecified atom stereocenters. The van der Waals surface area contributed by atoms with Crippen molar-refractivity contribution in [1.29, 1.82) is 0 Å². The number of aryl methyl sites for hydroxylation is 1. The Hall–Kier alpha value is -1.48. The lowest BCUT2D eigenvalue weighted by Gasteiger charge is -2.18. The number of rotatable bonds is 8. The van der Waals surface area contributed by atoms with E-state index in [2.05, 4.69) is 37.9 Å². The first-order chi connectivity index (χ1) is 8.69. The Balaban J connectivity index is 2.52. The fourth-order valence-electron chi connectivity index (χ4n) is 1.86. The smallest absolute Gasteiger partial charge is 0.123 e. The molecule has 0 radical (unpaired) electrons. The van der Waals surface area contributed by atoms with Gasteiger partial charge in [0.15, 0.2) is 0 Å². The zero-order valence-corrected chi connectivity index (χ0v) is 11.5. The van der Waals surface area contributed by atoms with E-state index in [0.29, 0.717) is 6.61 Å². The minimum Gasteiger partial charge on any atom is -0.502 e. The second-order valence-electron chi connectivity index (χ2n) is 4.31. The van der Waals surface area contributed by atoms with Crippen molar-refractivity contribution < 1.29 is 9.47 Å². The Morgan fingerprint density at radius 1 is 1.44 bits per heavy atom. The van der Waals surface area contributed by atoms with Crippen LogP contribution in [0.1, 0.15) is 30.5 Å². The van der Waals surface area contributed by atoms with Gasteiger partial charge in [-0.05, 0) is 32.9 Å². The fourth-order valence-corrected chi connectivity index (χ4v) is 1.86. The number of hydrogen-bond donors (Lipinski definition) is 1. The predicted octanol–water partition coefficient (Wildman–Crippen LogP) is 3.20. The van der Waals surface area contributed by atoms with Crippen molar-refractivity contribution >= 4 is 0 Å². The Morgan fingerprint density at radius 3 is 2.89 bits per heavy atom. The number of ether oxygens (including phenoxy) is 2. The van der Waals surface area contributed by atoms with Gasteiger partial charge in [-0.1, -0.05) is 24.3 Å². The zero-order valence-electron chi connectivity index (χ0n) is 11.5. The van der Waals surface area contributed by atoms with Gasteiger partial charge in [0.2, 0.25) is 0 Å². The summed E-state index contributed by atoms with van der Waals surface area (Å²) < 4.78 is 10.5. The summed E-state index contributed by atoms with van der Waals surface area (Å²) >= 11 is 0. The lowest BCUT2D eigenvalue weighted by molar-refractivity contribution is 0.243. The summed E-state index contributed by atoms with van der Waals surface area (Å²) in [6.07, 6.45) is 2.44. The van der Waals surface area contributed by atoms with Crippen LogP contribution in [0.3, 0.4) is 0 Å². The second kappa shape index (κ2) is 7.77. The highest BCUT2D eigenvalue weighted by Crippen LogP contribution is 2.25. The minimum absolute atomic E-state index is 0.267. The van der Waals surface area contributed by atoms with E-state index in [0.717, 1.165) is 18.7 Å². The van der Waals surface area contributed by atoms with Gasteiger partial charge in [-0.15, -0.1) is 0 Å². The van der Waals surface area contributed by atoms with E-state index in [9.17, 15) is 0 Å². The third-order valence-corrected chi connectivity index (χ3v) is 2.86.